The van der Waals surface area contributed by atoms with Gasteiger partial charge in [-0.3, -0.25) is 4.79 Å². The molecule has 0 aromatic heterocycles. The number of methoxy groups -OCH3 is 1. The minimum Gasteiger partial charge on any atom is -0.469 e. The van der Waals surface area contributed by atoms with Crippen molar-refractivity contribution in [2.45, 2.75) is 32.9 Å². The lowest BCUT2D eigenvalue weighted by Gasteiger charge is -2.09. The number of hydrogen-bond donors (Lipinski definition) is 1. The second kappa shape index (κ2) is 6.28. The molecule has 0 spiro atoms. The first kappa shape index (κ1) is 12.7. The van der Waals surface area contributed by atoms with Crippen LogP contribution in [0.5, 0.6) is 0 Å². The molecule has 1 aliphatic rings. The molecule has 1 aliphatic heterocycles. The van der Waals surface area contributed by atoms with Gasteiger partial charge in [-0.05, 0) is 11.1 Å². The van der Waals surface area contributed by atoms with Crippen LogP contribution >= 0.6 is 0 Å². The van der Waals surface area contributed by atoms with Gasteiger partial charge in [0.25, 0.3) is 0 Å². The summed E-state index contributed by atoms with van der Waals surface area (Å²) in [6, 6.07) is 8.28. The van der Waals surface area contributed by atoms with E-state index in [1.165, 1.54) is 18.2 Å². The number of esters is 1. The maximum absolute atomic E-state index is 11.1. The number of carbonyl (C=O) groups is 1. The highest BCUT2D eigenvalue weighted by Gasteiger charge is 2.23. The van der Waals surface area contributed by atoms with Gasteiger partial charge < -0.3 is 10.1 Å². The molecule has 1 aromatic rings. The van der Waals surface area contributed by atoms with Crippen LogP contribution in [0.4, 0.5) is 0 Å². The zero-order chi connectivity index (χ0) is 12.0. The van der Waals surface area contributed by atoms with Crippen molar-refractivity contribution in [2.75, 3.05) is 7.11 Å². The summed E-state index contributed by atoms with van der Waals surface area (Å²) >= 11 is 0. The Morgan fingerprint density at radius 1 is 1.44 bits per heavy atom. The van der Waals surface area contributed by atoms with Crippen LogP contribution < -0.4 is 5.32 Å². The number of ether oxygens (including phenoxy) is 1. The zero-order valence-electron chi connectivity index (χ0n) is 10.1. The number of fused-ring (bicyclic) bond motifs is 1. The fourth-order valence-corrected chi connectivity index (χ4v) is 1.81. The average molecular weight is 221 g/mol. The first-order valence-electron chi connectivity index (χ1n) is 5.69. The Bertz CT molecular complexity index is 350. The van der Waals surface area contributed by atoms with Crippen LogP contribution in [0.2, 0.25) is 0 Å². The topological polar surface area (TPSA) is 38.3 Å². The molecule has 0 radical (unpaired) electrons. The minimum atomic E-state index is -0.167. The maximum atomic E-state index is 11.1. The molecule has 0 amide bonds. The monoisotopic (exact) mass is 221 g/mol. The van der Waals surface area contributed by atoms with Crippen molar-refractivity contribution in [3.63, 3.8) is 0 Å². The number of rotatable bonds is 2. The highest BCUT2D eigenvalue weighted by molar-refractivity contribution is 5.70. The predicted octanol–water partition coefficient (Wildman–Crippen LogP) is 2.42. The third kappa shape index (κ3) is 2.83. The molecular weight excluding hydrogens is 202 g/mol. The first-order chi connectivity index (χ1) is 7.81. The van der Waals surface area contributed by atoms with E-state index >= 15 is 0 Å². The lowest BCUT2D eigenvalue weighted by Crippen LogP contribution is -2.17. The summed E-state index contributed by atoms with van der Waals surface area (Å²) in [5.74, 6) is -0.167. The normalized spacial score (nSPS) is 17.1. The van der Waals surface area contributed by atoms with Crippen molar-refractivity contribution in [1.29, 1.82) is 0 Å². The summed E-state index contributed by atoms with van der Waals surface area (Å²) in [4.78, 5) is 11.1. The van der Waals surface area contributed by atoms with E-state index < -0.39 is 0 Å². The molecule has 88 valence electrons. The fourth-order valence-electron chi connectivity index (χ4n) is 1.81. The summed E-state index contributed by atoms with van der Waals surface area (Å²) in [7, 11) is 1.42. The van der Waals surface area contributed by atoms with Gasteiger partial charge in [0.1, 0.15) is 0 Å². The van der Waals surface area contributed by atoms with Gasteiger partial charge in [0, 0.05) is 12.6 Å². The average Bonchev–Trinajstić information content (AvgIpc) is 2.75. The van der Waals surface area contributed by atoms with Crippen LogP contribution in [0.1, 0.15) is 37.4 Å². The van der Waals surface area contributed by atoms with E-state index in [-0.39, 0.29) is 12.0 Å². The Balaban J connectivity index is 0.000000606. The van der Waals surface area contributed by atoms with Gasteiger partial charge in [-0.15, -0.1) is 0 Å². The van der Waals surface area contributed by atoms with Crippen LogP contribution in [0.25, 0.3) is 0 Å². The van der Waals surface area contributed by atoms with Crippen LogP contribution in [-0.4, -0.2) is 13.1 Å². The molecule has 3 nitrogen and oxygen atoms in total. The Labute approximate surface area is 96.8 Å². The molecule has 2 rings (SSSR count). The third-order valence-corrected chi connectivity index (χ3v) is 2.57. The minimum absolute atomic E-state index is 0.124. The summed E-state index contributed by atoms with van der Waals surface area (Å²) in [6.07, 6.45) is 0.410. The second-order valence-corrected chi connectivity index (χ2v) is 3.41. The standard InChI is InChI=1S/C11H13NO2.C2H6/c1-14-11(13)6-10-9-5-3-2-4-8(9)7-12-10;1-2/h2-5,10,12H,6-7H2,1H3;1-2H3. The predicted molar refractivity (Wildman–Crippen MR) is 64.0 cm³/mol. The molecule has 0 fully saturated rings. The molecule has 0 saturated carbocycles. The molecule has 3 heteroatoms. The Morgan fingerprint density at radius 3 is 2.81 bits per heavy atom. The smallest absolute Gasteiger partial charge is 0.307 e. The fraction of sp³-hybridized carbons (Fsp3) is 0.462. The van der Waals surface area contributed by atoms with E-state index in [1.54, 1.807) is 0 Å². The van der Waals surface area contributed by atoms with E-state index in [0.29, 0.717) is 6.42 Å². The van der Waals surface area contributed by atoms with E-state index in [2.05, 4.69) is 22.2 Å². The molecule has 1 aromatic carbocycles. The molecule has 0 bridgehead atoms. The molecule has 1 atom stereocenters. The quantitative estimate of drug-likeness (QED) is 0.779. The van der Waals surface area contributed by atoms with E-state index in [1.807, 2.05) is 26.0 Å². The summed E-state index contributed by atoms with van der Waals surface area (Å²) < 4.78 is 4.65. The van der Waals surface area contributed by atoms with Crippen LogP contribution in [0.15, 0.2) is 24.3 Å². The van der Waals surface area contributed by atoms with Gasteiger partial charge in [0.05, 0.1) is 13.5 Å². The zero-order valence-corrected chi connectivity index (χ0v) is 10.1. The largest absolute Gasteiger partial charge is 0.469 e. The summed E-state index contributed by atoms with van der Waals surface area (Å²) in [6.45, 7) is 4.85. The molecule has 0 saturated heterocycles. The molecule has 0 aliphatic carbocycles. The number of carbonyl (C=O) groups excluding carboxylic acids is 1. The Hall–Kier alpha value is -1.35. The SMILES string of the molecule is CC.COC(=O)CC1NCc2ccccc21. The van der Waals surface area contributed by atoms with Crippen molar-refractivity contribution < 1.29 is 9.53 Å². The number of nitrogens with one attached hydrogen (secondary N) is 1. The Kier molecular flexibility index (Phi) is 4.99. The van der Waals surface area contributed by atoms with Crippen LogP contribution in [0, 0.1) is 0 Å². The summed E-state index contributed by atoms with van der Waals surface area (Å²) in [5.41, 5.74) is 2.50. The molecule has 1 unspecified atom stereocenters. The van der Waals surface area contributed by atoms with Crippen LogP contribution in [0.3, 0.4) is 0 Å². The summed E-state index contributed by atoms with van der Waals surface area (Å²) in [5, 5.41) is 3.29. The Morgan fingerprint density at radius 2 is 2.12 bits per heavy atom. The van der Waals surface area contributed by atoms with Crippen molar-refractivity contribution in [2.24, 2.45) is 0 Å². The maximum Gasteiger partial charge on any atom is 0.307 e. The van der Waals surface area contributed by atoms with Gasteiger partial charge in [-0.25, -0.2) is 0 Å². The van der Waals surface area contributed by atoms with Gasteiger partial charge >= 0.3 is 5.97 Å². The van der Waals surface area contributed by atoms with E-state index in [4.69, 9.17) is 0 Å². The van der Waals surface area contributed by atoms with Crippen molar-refractivity contribution in [3.8, 4) is 0 Å². The number of benzene rings is 1. The molecular formula is C13H19NO2. The molecule has 1 heterocycles. The van der Waals surface area contributed by atoms with Crippen molar-refractivity contribution in [1.82, 2.24) is 5.32 Å². The van der Waals surface area contributed by atoms with Gasteiger partial charge in [0.2, 0.25) is 0 Å². The third-order valence-electron chi connectivity index (χ3n) is 2.57. The highest BCUT2D eigenvalue weighted by Crippen LogP contribution is 2.27. The van der Waals surface area contributed by atoms with Gasteiger partial charge in [-0.1, -0.05) is 38.1 Å². The van der Waals surface area contributed by atoms with E-state index in [0.717, 1.165) is 6.54 Å². The number of hydrogen-bond acceptors (Lipinski definition) is 3. The van der Waals surface area contributed by atoms with Crippen molar-refractivity contribution >= 4 is 5.97 Å². The lowest BCUT2D eigenvalue weighted by atomic mass is 10.0. The van der Waals surface area contributed by atoms with Crippen LogP contribution in [-0.2, 0) is 16.1 Å². The lowest BCUT2D eigenvalue weighted by molar-refractivity contribution is -0.141. The highest BCUT2D eigenvalue weighted by atomic mass is 16.5. The first-order valence-corrected chi connectivity index (χ1v) is 5.69. The van der Waals surface area contributed by atoms with Gasteiger partial charge in [-0.2, -0.15) is 0 Å². The molecule has 1 N–H and O–H groups in total. The molecule has 16 heavy (non-hydrogen) atoms. The van der Waals surface area contributed by atoms with E-state index in [9.17, 15) is 4.79 Å². The van der Waals surface area contributed by atoms with Gasteiger partial charge in [0.15, 0.2) is 0 Å². The second-order valence-electron chi connectivity index (χ2n) is 3.41. The van der Waals surface area contributed by atoms with Crippen molar-refractivity contribution in [3.05, 3.63) is 35.4 Å².